The molecule has 4 aromatic rings. The molecule has 8 nitrogen and oxygen atoms in total. The van der Waals surface area contributed by atoms with E-state index in [1.54, 1.807) is 24.4 Å². The van der Waals surface area contributed by atoms with Gasteiger partial charge in [0.25, 0.3) is 5.91 Å². The highest BCUT2D eigenvalue weighted by molar-refractivity contribution is 7.92. The summed E-state index contributed by atoms with van der Waals surface area (Å²) in [5, 5.41) is 6.34. The third-order valence-corrected chi connectivity index (χ3v) is 6.71. The lowest BCUT2D eigenvalue weighted by Gasteiger charge is -2.15. The summed E-state index contributed by atoms with van der Waals surface area (Å²) in [5.74, 6) is -1.33. The number of carbonyl (C=O) groups is 1. The molecule has 0 aliphatic carbocycles. The minimum absolute atomic E-state index is 0.0577. The van der Waals surface area contributed by atoms with Crippen molar-refractivity contribution in [3.63, 3.8) is 0 Å². The summed E-state index contributed by atoms with van der Waals surface area (Å²) in [6.45, 7) is 1.09. The van der Waals surface area contributed by atoms with Gasteiger partial charge < -0.3 is 19.9 Å². The zero-order chi connectivity index (χ0) is 27.7. The SMILES string of the molecule is CS(=O)(=O)Nc1cc(Cl)cc(NC(=O)c2cc3n(c2)CCNc2cccc(OCc4cc(F)cc(F)c4)c2-3)c1. The zero-order valence-corrected chi connectivity index (χ0v) is 22.2. The van der Waals surface area contributed by atoms with Crippen LogP contribution in [0.4, 0.5) is 25.8 Å². The first-order chi connectivity index (χ1) is 18.5. The van der Waals surface area contributed by atoms with Gasteiger partial charge in [0, 0.05) is 41.8 Å². The fraction of sp³-hybridized carbons (Fsp3) is 0.148. The van der Waals surface area contributed by atoms with Crippen molar-refractivity contribution < 1.29 is 26.7 Å². The Morgan fingerprint density at radius 1 is 1.08 bits per heavy atom. The largest absolute Gasteiger partial charge is 0.488 e. The number of hydrogen-bond acceptors (Lipinski definition) is 5. The van der Waals surface area contributed by atoms with Crippen LogP contribution in [0.25, 0.3) is 11.3 Å². The van der Waals surface area contributed by atoms with Crippen molar-refractivity contribution >= 4 is 44.6 Å². The molecule has 12 heteroatoms. The molecule has 202 valence electrons. The van der Waals surface area contributed by atoms with Gasteiger partial charge in [0.1, 0.15) is 24.0 Å². The van der Waals surface area contributed by atoms with Gasteiger partial charge in [0.2, 0.25) is 10.0 Å². The molecule has 0 unspecified atom stereocenters. The number of sulfonamides is 1. The van der Waals surface area contributed by atoms with Crippen molar-refractivity contribution in [3.05, 3.63) is 94.6 Å². The summed E-state index contributed by atoms with van der Waals surface area (Å²) in [6.07, 6.45) is 2.72. The molecule has 0 saturated heterocycles. The lowest BCUT2D eigenvalue weighted by atomic mass is 10.1. The van der Waals surface area contributed by atoms with Gasteiger partial charge in [0.15, 0.2) is 0 Å². The molecule has 0 spiro atoms. The van der Waals surface area contributed by atoms with Crippen LogP contribution in [0.3, 0.4) is 0 Å². The van der Waals surface area contributed by atoms with E-state index in [1.807, 2.05) is 10.6 Å². The summed E-state index contributed by atoms with van der Waals surface area (Å²) < 4.78 is 60.7. The first-order valence-electron chi connectivity index (χ1n) is 11.8. The molecular weight excluding hydrogens is 550 g/mol. The molecule has 2 heterocycles. The molecule has 0 radical (unpaired) electrons. The number of benzene rings is 3. The maximum Gasteiger partial charge on any atom is 0.257 e. The average Bonchev–Trinajstić information content (AvgIpc) is 3.16. The molecule has 5 rings (SSSR count). The van der Waals surface area contributed by atoms with Crippen LogP contribution in [0.15, 0.2) is 66.9 Å². The van der Waals surface area contributed by atoms with Crippen molar-refractivity contribution in [1.29, 1.82) is 0 Å². The lowest BCUT2D eigenvalue weighted by molar-refractivity contribution is 0.102. The highest BCUT2D eigenvalue weighted by Gasteiger charge is 2.22. The molecule has 39 heavy (non-hydrogen) atoms. The Hall–Kier alpha value is -4.09. The molecular formula is C27H23ClF2N4O4S. The number of rotatable bonds is 7. The number of nitrogens with one attached hydrogen (secondary N) is 3. The number of nitrogens with zero attached hydrogens (tertiary/aromatic N) is 1. The Kier molecular flexibility index (Phi) is 7.19. The summed E-state index contributed by atoms with van der Waals surface area (Å²) in [6, 6.07) is 14.8. The van der Waals surface area contributed by atoms with E-state index in [2.05, 4.69) is 15.4 Å². The van der Waals surface area contributed by atoms with E-state index in [0.717, 1.165) is 18.0 Å². The third kappa shape index (κ3) is 6.32. The van der Waals surface area contributed by atoms with Gasteiger partial charge in [0.05, 0.1) is 28.8 Å². The number of amides is 1. The van der Waals surface area contributed by atoms with E-state index in [1.165, 1.54) is 30.3 Å². The molecule has 1 amide bonds. The molecule has 0 atom stereocenters. The Morgan fingerprint density at radius 2 is 1.82 bits per heavy atom. The second-order valence-corrected chi connectivity index (χ2v) is 11.2. The van der Waals surface area contributed by atoms with Crippen molar-refractivity contribution in [2.24, 2.45) is 0 Å². The quantitative estimate of drug-likeness (QED) is 0.263. The van der Waals surface area contributed by atoms with E-state index in [-0.39, 0.29) is 17.3 Å². The smallest absolute Gasteiger partial charge is 0.257 e. The van der Waals surface area contributed by atoms with Crippen LogP contribution in [0.2, 0.25) is 5.02 Å². The minimum atomic E-state index is -3.54. The van der Waals surface area contributed by atoms with E-state index in [0.29, 0.717) is 46.9 Å². The second kappa shape index (κ2) is 10.6. The first kappa shape index (κ1) is 26.5. The molecule has 0 bridgehead atoms. The predicted molar refractivity (Wildman–Crippen MR) is 147 cm³/mol. The molecule has 3 N–H and O–H groups in total. The van der Waals surface area contributed by atoms with Crippen LogP contribution in [-0.2, 0) is 23.2 Å². The Morgan fingerprint density at radius 3 is 2.56 bits per heavy atom. The standard InChI is InChI=1S/C27H23ClF2N4O4S/c1-39(36,37)33-22-11-18(28)10-21(13-22)32-27(35)17-9-24-26-23(31-5-6-34(24)14-17)3-2-4-25(26)38-15-16-7-19(29)12-20(30)8-16/h2-4,7-14,31,33H,5-6,15H2,1H3,(H,32,35). The summed E-state index contributed by atoms with van der Waals surface area (Å²) in [4.78, 5) is 13.2. The number of aromatic nitrogens is 1. The van der Waals surface area contributed by atoms with Gasteiger partial charge in [-0.05, 0) is 54.1 Å². The number of ether oxygens (including phenoxy) is 1. The molecule has 3 aromatic carbocycles. The molecule has 0 fully saturated rings. The minimum Gasteiger partial charge on any atom is -0.488 e. The third-order valence-electron chi connectivity index (χ3n) is 5.88. The maximum atomic E-state index is 13.6. The van der Waals surface area contributed by atoms with Crippen molar-refractivity contribution in [1.82, 2.24) is 4.57 Å². The van der Waals surface area contributed by atoms with Crippen molar-refractivity contribution in [2.75, 3.05) is 28.2 Å². The van der Waals surface area contributed by atoms with Crippen LogP contribution in [0.1, 0.15) is 15.9 Å². The topological polar surface area (TPSA) is 101 Å². The monoisotopic (exact) mass is 572 g/mol. The van der Waals surface area contributed by atoms with Gasteiger partial charge in [-0.2, -0.15) is 0 Å². The molecule has 1 aromatic heterocycles. The number of carbonyl (C=O) groups excluding carboxylic acids is 1. The normalized spacial score (nSPS) is 12.5. The van der Waals surface area contributed by atoms with Crippen LogP contribution in [-0.4, -0.2) is 31.7 Å². The fourth-order valence-electron chi connectivity index (χ4n) is 4.40. The van der Waals surface area contributed by atoms with Gasteiger partial charge in [-0.25, -0.2) is 17.2 Å². The number of anilines is 3. The van der Waals surface area contributed by atoms with E-state index < -0.39 is 27.6 Å². The number of halogens is 3. The fourth-order valence-corrected chi connectivity index (χ4v) is 5.18. The number of hydrogen-bond donors (Lipinski definition) is 3. The molecule has 1 aliphatic rings. The summed E-state index contributed by atoms with van der Waals surface area (Å²) in [7, 11) is -3.54. The van der Waals surface area contributed by atoms with Gasteiger partial charge in [-0.3, -0.25) is 9.52 Å². The van der Waals surface area contributed by atoms with Crippen LogP contribution < -0.4 is 20.1 Å². The lowest BCUT2D eigenvalue weighted by Crippen LogP contribution is -2.13. The van der Waals surface area contributed by atoms with E-state index in [9.17, 15) is 22.0 Å². The number of fused-ring (bicyclic) bond motifs is 3. The Balaban J connectivity index is 1.43. The van der Waals surface area contributed by atoms with Crippen LogP contribution in [0, 0.1) is 11.6 Å². The highest BCUT2D eigenvalue weighted by atomic mass is 35.5. The van der Waals surface area contributed by atoms with Crippen molar-refractivity contribution in [2.45, 2.75) is 13.2 Å². The second-order valence-electron chi connectivity index (χ2n) is 9.04. The van der Waals surface area contributed by atoms with Gasteiger partial charge in [-0.15, -0.1) is 0 Å². The van der Waals surface area contributed by atoms with Crippen LogP contribution >= 0.6 is 11.6 Å². The molecule has 0 saturated carbocycles. The van der Waals surface area contributed by atoms with Gasteiger partial charge in [-0.1, -0.05) is 17.7 Å². The maximum absolute atomic E-state index is 13.6. The Labute approximate surface area is 228 Å². The van der Waals surface area contributed by atoms with E-state index in [4.69, 9.17) is 16.3 Å². The first-order valence-corrected chi connectivity index (χ1v) is 14.1. The average molecular weight is 573 g/mol. The van der Waals surface area contributed by atoms with E-state index >= 15 is 0 Å². The highest BCUT2D eigenvalue weighted by Crippen LogP contribution is 2.40. The van der Waals surface area contributed by atoms with Crippen LogP contribution in [0.5, 0.6) is 5.75 Å². The molecule has 1 aliphatic heterocycles. The summed E-state index contributed by atoms with van der Waals surface area (Å²) >= 11 is 6.12. The zero-order valence-electron chi connectivity index (χ0n) is 20.6. The summed E-state index contributed by atoms with van der Waals surface area (Å²) in [5.41, 5.74) is 3.43. The predicted octanol–water partition coefficient (Wildman–Crippen LogP) is 5.72. The van der Waals surface area contributed by atoms with Gasteiger partial charge >= 0.3 is 0 Å². The Bertz CT molecular complexity index is 1670. The van der Waals surface area contributed by atoms with Crippen molar-refractivity contribution in [3.8, 4) is 17.0 Å².